The molecule has 1 aromatic carbocycles. The molecule has 1 aromatic heterocycles. The zero-order valence-electron chi connectivity index (χ0n) is 20.4. The van der Waals surface area contributed by atoms with Crippen molar-refractivity contribution in [2.45, 2.75) is 56.5 Å². The number of amides is 2. The van der Waals surface area contributed by atoms with Crippen LogP contribution in [0.5, 0.6) is 5.75 Å². The minimum absolute atomic E-state index is 0.0155. The van der Waals surface area contributed by atoms with Crippen molar-refractivity contribution in [2.75, 3.05) is 20.3 Å². The second-order valence-corrected chi connectivity index (χ2v) is 9.98. The van der Waals surface area contributed by atoms with Crippen LogP contribution in [-0.4, -0.2) is 69.4 Å². The summed E-state index contributed by atoms with van der Waals surface area (Å²) in [6, 6.07) is 2.20. The summed E-state index contributed by atoms with van der Waals surface area (Å²) in [7, 11) is 1.54. The van der Waals surface area contributed by atoms with E-state index in [1.165, 1.54) is 30.0 Å². The van der Waals surface area contributed by atoms with Gasteiger partial charge in [0.15, 0.2) is 11.4 Å². The first-order chi connectivity index (χ1) is 17.6. The first-order valence-corrected chi connectivity index (χ1v) is 12.0. The van der Waals surface area contributed by atoms with E-state index in [0.29, 0.717) is 19.3 Å². The molecule has 2 aromatic rings. The highest BCUT2D eigenvalue weighted by molar-refractivity contribution is 5.99. The van der Waals surface area contributed by atoms with Crippen LogP contribution in [0.15, 0.2) is 29.2 Å². The number of nitrogens with two attached hydrogens (primary N) is 1. The summed E-state index contributed by atoms with van der Waals surface area (Å²) in [6.45, 7) is 2.35. The molecule has 198 valence electrons. The van der Waals surface area contributed by atoms with Crippen molar-refractivity contribution in [1.29, 1.82) is 0 Å². The lowest BCUT2D eigenvalue weighted by molar-refractivity contribution is -0.230. The quantitative estimate of drug-likeness (QED) is 0.617. The maximum absolute atomic E-state index is 14.5. The number of hydrogen-bond donors (Lipinski definition) is 2. The molecular weight excluding hydrogens is 490 g/mol. The zero-order valence-corrected chi connectivity index (χ0v) is 20.4. The molecule has 2 bridgehead atoms. The van der Waals surface area contributed by atoms with Gasteiger partial charge in [-0.2, -0.15) is 5.06 Å². The lowest BCUT2D eigenvalue weighted by atomic mass is 9.83. The maximum Gasteiger partial charge on any atom is 0.274 e. The molecule has 10 nitrogen and oxygen atoms in total. The Kier molecular flexibility index (Phi) is 6.29. The Labute approximate surface area is 211 Å². The van der Waals surface area contributed by atoms with E-state index in [9.17, 15) is 28.3 Å². The van der Waals surface area contributed by atoms with E-state index in [1.807, 2.05) is 6.92 Å². The fourth-order valence-electron chi connectivity index (χ4n) is 5.83. The predicted octanol–water partition coefficient (Wildman–Crippen LogP) is 1.70. The number of nitrogens with zero attached hydrogens (tertiary/aromatic N) is 3. The molecule has 2 fully saturated rings. The van der Waals surface area contributed by atoms with Crippen molar-refractivity contribution in [1.82, 2.24) is 14.5 Å². The Morgan fingerprint density at radius 2 is 2.08 bits per heavy atom. The van der Waals surface area contributed by atoms with Crippen LogP contribution in [0.2, 0.25) is 0 Å². The van der Waals surface area contributed by atoms with Crippen LogP contribution in [-0.2, 0) is 16.1 Å². The molecule has 4 atom stereocenters. The Bertz CT molecular complexity index is 1330. The largest absolute Gasteiger partial charge is 0.503 e. The third kappa shape index (κ3) is 4.09. The van der Waals surface area contributed by atoms with Crippen molar-refractivity contribution in [2.24, 2.45) is 5.73 Å². The van der Waals surface area contributed by atoms with Crippen molar-refractivity contribution >= 4 is 11.8 Å². The number of carbonyl (C=O) groups is 2. The van der Waals surface area contributed by atoms with Crippen LogP contribution >= 0.6 is 0 Å². The maximum atomic E-state index is 14.5. The van der Waals surface area contributed by atoms with E-state index in [0.717, 1.165) is 6.07 Å². The zero-order chi connectivity index (χ0) is 26.6. The third-order valence-electron chi connectivity index (χ3n) is 7.76. The van der Waals surface area contributed by atoms with Gasteiger partial charge in [0, 0.05) is 43.9 Å². The van der Waals surface area contributed by atoms with Gasteiger partial charge in [0.1, 0.15) is 22.8 Å². The number of ether oxygens (including phenoxy) is 1. The second kappa shape index (κ2) is 9.19. The van der Waals surface area contributed by atoms with Crippen molar-refractivity contribution in [3.8, 4) is 5.75 Å². The molecule has 4 heterocycles. The molecule has 0 aliphatic carbocycles. The fourth-order valence-corrected chi connectivity index (χ4v) is 5.83. The summed E-state index contributed by atoms with van der Waals surface area (Å²) in [5.74, 6) is -3.78. The summed E-state index contributed by atoms with van der Waals surface area (Å²) in [6.07, 6.45) is 2.68. The van der Waals surface area contributed by atoms with Gasteiger partial charge in [0.2, 0.25) is 5.43 Å². The number of fused-ring (bicyclic) bond motifs is 5. The standard InChI is InChI=1S/C25H28F2N4O6/c1-13-5-6-25(8-16(12-36-2)31(37-25)9-14-3-4-15(26)7-18(14)27)19-11-29(13)24(35)20-22(33)21(32)17(23(28)34)10-30(19)20/h3-4,7,10,13,16,19,33H,5-6,8-9,11-12H2,1-2H3,(H2,28,34)/t13-,16?,19+,25-/m0/s1. The molecule has 3 aliphatic heterocycles. The van der Waals surface area contributed by atoms with E-state index in [-0.39, 0.29) is 43.0 Å². The number of hydrogen-bond acceptors (Lipinski definition) is 7. The number of aromatic nitrogens is 1. The number of halogens is 2. The molecular formula is C25H28F2N4O6. The minimum Gasteiger partial charge on any atom is -0.503 e. The first-order valence-electron chi connectivity index (χ1n) is 12.0. The molecule has 12 heteroatoms. The van der Waals surface area contributed by atoms with Gasteiger partial charge >= 0.3 is 0 Å². The predicted molar refractivity (Wildman–Crippen MR) is 126 cm³/mol. The summed E-state index contributed by atoms with van der Waals surface area (Å²) < 4.78 is 34.8. The lowest BCUT2D eigenvalue weighted by Gasteiger charge is -2.42. The fraction of sp³-hybridized carbons (Fsp3) is 0.480. The van der Waals surface area contributed by atoms with E-state index >= 15 is 0 Å². The van der Waals surface area contributed by atoms with Gasteiger partial charge in [0.25, 0.3) is 11.8 Å². The number of primary amides is 1. The number of methoxy groups -OCH3 is 1. The molecule has 1 unspecified atom stereocenters. The molecule has 0 radical (unpaired) electrons. The minimum atomic E-state index is -1.03. The third-order valence-corrected chi connectivity index (χ3v) is 7.76. The average Bonchev–Trinajstić information content (AvgIpc) is 3.13. The molecule has 1 spiro atoms. The van der Waals surface area contributed by atoms with Gasteiger partial charge in [-0.15, -0.1) is 0 Å². The lowest BCUT2D eigenvalue weighted by Crippen LogP contribution is -2.52. The van der Waals surface area contributed by atoms with E-state index in [4.69, 9.17) is 15.3 Å². The molecule has 3 aliphatic rings. The van der Waals surface area contributed by atoms with Crippen LogP contribution in [0, 0.1) is 11.6 Å². The highest BCUT2D eigenvalue weighted by atomic mass is 19.1. The number of pyridine rings is 1. The normalized spacial score (nSPS) is 27.4. The number of benzene rings is 1. The van der Waals surface area contributed by atoms with Gasteiger partial charge in [-0.3, -0.25) is 19.2 Å². The number of rotatable bonds is 5. The Hall–Kier alpha value is -3.35. The smallest absolute Gasteiger partial charge is 0.274 e. The van der Waals surface area contributed by atoms with Crippen LogP contribution < -0.4 is 11.2 Å². The molecule has 3 N–H and O–H groups in total. The number of hydroxylamine groups is 2. The van der Waals surface area contributed by atoms with Crippen LogP contribution in [0.4, 0.5) is 8.78 Å². The van der Waals surface area contributed by atoms with E-state index < -0.39 is 51.8 Å². The monoisotopic (exact) mass is 518 g/mol. The molecule has 0 saturated carbocycles. The van der Waals surface area contributed by atoms with E-state index in [1.54, 1.807) is 9.96 Å². The molecule has 5 rings (SSSR count). The highest BCUT2D eigenvalue weighted by Crippen LogP contribution is 2.49. The van der Waals surface area contributed by atoms with Crippen molar-refractivity contribution in [3.63, 3.8) is 0 Å². The van der Waals surface area contributed by atoms with Gasteiger partial charge in [0.05, 0.1) is 25.2 Å². The van der Waals surface area contributed by atoms with Crippen LogP contribution in [0.3, 0.4) is 0 Å². The van der Waals surface area contributed by atoms with Crippen LogP contribution in [0.25, 0.3) is 0 Å². The van der Waals surface area contributed by atoms with Gasteiger partial charge in [-0.1, -0.05) is 6.07 Å². The Morgan fingerprint density at radius 3 is 2.76 bits per heavy atom. The molecule has 2 amide bonds. The van der Waals surface area contributed by atoms with Gasteiger partial charge in [-0.05, 0) is 25.8 Å². The second-order valence-electron chi connectivity index (χ2n) is 9.98. The summed E-state index contributed by atoms with van der Waals surface area (Å²) >= 11 is 0. The number of carbonyl (C=O) groups excluding carboxylic acids is 2. The Balaban J connectivity index is 1.61. The Morgan fingerprint density at radius 1 is 1.32 bits per heavy atom. The SMILES string of the molecule is COCC1C[C@]2(CC[C@H](C)N3C[C@H]2n2cc(C(N)=O)c(=O)c(O)c2C3=O)ON1Cc1ccc(F)cc1F. The topological polar surface area (TPSA) is 127 Å². The molecule has 37 heavy (non-hydrogen) atoms. The highest BCUT2D eigenvalue weighted by Gasteiger charge is 2.56. The number of aromatic hydroxyl groups is 1. The van der Waals surface area contributed by atoms with Crippen LogP contribution in [0.1, 0.15) is 58.6 Å². The van der Waals surface area contributed by atoms with E-state index in [2.05, 4.69) is 0 Å². The first kappa shape index (κ1) is 25.3. The molecule has 2 saturated heterocycles. The summed E-state index contributed by atoms with van der Waals surface area (Å²) in [5.41, 5.74) is 3.01. The van der Waals surface area contributed by atoms with Gasteiger partial charge < -0.3 is 25.0 Å². The van der Waals surface area contributed by atoms with Crippen molar-refractivity contribution < 1.29 is 33.1 Å². The summed E-state index contributed by atoms with van der Waals surface area (Å²) in [4.78, 5) is 46.1. The average molecular weight is 519 g/mol. The van der Waals surface area contributed by atoms with Crippen molar-refractivity contribution in [3.05, 3.63) is 63.1 Å². The summed E-state index contributed by atoms with van der Waals surface area (Å²) in [5, 5.41) is 12.3. The van der Waals surface area contributed by atoms with Gasteiger partial charge in [-0.25, -0.2) is 8.78 Å².